The summed E-state index contributed by atoms with van der Waals surface area (Å²) in [4.78, 5) is 21.4. The van der Waals surface area contributed by atoms with Crippen LogP contribution in [0.1, 0.15) is 39.5 Å². The summed E-state index contributed by atoms with van der Waals surface area (Å²) in [6, 6.07) is 0. The van der Waals surface area contributed by atoms with Gasteiger partial charge in [0.15, 0.2) is 0 Å². The summed E-state index contributed by atoms with van der Waals surface area (Å²) in [7, 11) is 0. The van der Waals surface area contributed by atoms with Crippen molar-refractivity contribution in [3.8, 4) is 0 Å². The standard InChI is InChI=1S/C10H16O4/c1-7(11)13-9-4-3-5-10(6-9)14-8(2)12/h9-10H,3-6H2,1-2H3/t9-,10+. The first-order chi connectivity index (χ1) is 6.58. The molecule has 0 bridgehead atoms. The number of esters is 2. The van der Waals surface area contributed by atoms with Crippen LogP contribution >= 0.6 is 0 Å². The smallest absolute Gasteiger partial charge is 0.302 e. The Morgan fingerprint density at radius 3 is 1.79 bits per heavy atom. The first-order valence-corrected chi connectivity index (χ1v) is 4.92. The predicted octanol–water partition coefficient (Wildman–Crippen LogP) is 1.42. The third-order valence-corrected chi connectivity index (χ3v) is 2.24. The van der Waals surface area contributed by atoms with Crippen molar-refractivity contribution < 1.29 is 19.1 Å². The van der Waals surface area contributed by atoms with Gasteiger partial charge in [0.05, 0.1) is 0 Å². The molecule has 1 fully saturated rings. The summed E-state index contributed by atoms with van der Waals surface area (Å²) in [5.74, 6) is -0.531. The predicted molar refractivity (Wildman–Crippen MR) is 49.6 cm³/mol. The Hall–Kier alpha value is -1.06. The summed E-state index contributed by atoms with van der Waals surface area (Å²) < 4.78 is 10.1. The summed E-state index contributed by atoms with van der Waals surface area (Å²) in [5.41, 5.74) is 0. The zero-order chi connectivity index (χ0) is 10.6. The Bertz CT molecular complexity index is 202. The van der Waals surface area contributed by atoms with Crippen LogP contribution in [0.15, 0.2) is 0 Å². The maximum atomic E-state index is 10.7. The number of carbonyl (C=O) groups excluding carboxylic acids is 2. The van der Waals surface area contributed by atoms with Crippen molar-refractivity contribution in [2.24, 2.45) is 0 Å². The zero-order valence-corrected chi connectivity index (χ0v) is 8.62. The van der Waals surface area contributed by atoms with E-state index in [9.17, 15) is 9.59 Å². The van der Waals surface area contributed by atoms with Gasteiger partial charge in [-0.2, -0.15) is 0 Å². The van der Waals surface area contributed by atoms with Crippen LogP contribution < -0.4 is 0 Å². The molecule has 2 atom stereocenters. The van der Waals surface area contributed by atoms with Gasteiger partial charge in [0.25, 0.3) is 0 Å². The zero-order valence-electron chi connectivity index (χ0n) is 8.62. The Balaban J connectivity index is 2.35. The van der Waals surface area contributed by atoms with E-state index in [0.717, 1.165) is 19.3 Å². The molecule has 1 rings (SSSR count). The molecule has 1 aliphatic carbocycles. The second kappa shape index (κ2) is 4.98. The van der Waals surface area contributed by atoms with Crippen LogP contribution in [0.3, 0.4) is 0 Å². The van der Waals surface area contributed by atoms with E-state index in [1.165, 1.54) is 13.8 Å². The van der Waals surface area contributed by atoms with Gasteiger partial charge in [-0.05, 0) is 19.3 Å². The highest BCUT2D eigenvalue weighted by atomic mass is 16.6. The Morgan fingerprint density at radius 2 is 1.43 bits per heavy atom. The fraction of sp³-hybridized carbons (Fsp3) is 0.800. The van der Waals surface area contributed by atoms with Crippen molar-refractivity contribution >= 4 is 11.9 Å². The molecule has 1 saturated carbocycles. The lowest BCUT2D eigenvalue weighted by Crippen LogP contribution is -2.30. The molecule has 80 valence electrons. The van der Waals surface area contributed by atoms with E-state index in [4.69, 9.17) is 9.47 Å². The second-order valence-corrected chi connectivity index (χ2v) is 3.63. The molecule has 0 unspecified atom stereocenters. The highest BCUT2D eigenvalue weighted by Gasteiger charge is 2.25. The summed E-state index contributed by atoms with van der Waals surface area (Å²) in [6.45, 7) is 2.80. The molecular formula is C10H16O4. The van der Waals surface area contributed by atoms with E-state index in [1.54, 1.807) is 0 Å². The van der Waals surface area contributed by atoms with Gasteiger partial charge in [-0.15, -0.1) is 0 Å². The SMILES string of the molecule is CC(=O)O[C@@H]1CCC[C@H](OC(C)=O)C1. The number of hydrogen-bond donors (Lipinski definition) is 0. The minimum atomic E-state index is -0.265. The first kappa shape index (κ1) is 11.0. The van der Waals surface area contributed by atoms with Gasteiger partial charge in [-0.1, -0.05) is 0 Å². The van der Waals surface area contributed by atoms with E-state index < -0.39 is 0 Å². The molecule has 0 saturated heterocycles. The molecule has 0 aromatic carbocycles. The average Bonchev–Trinajstić information content (AvgIpc) is 2.01. The topological polar surface area (TPSA) is 52.6 Å². The lowest BCUT2D eigenvalue weighted by atomic mass is 9.95. The van der Waals surface area contributed by atoms with E-state index >= 15 is 0 Å². The number of carbonyl (C=O) groups is 2. The van der Waals surface area contributed by atoms with Crippen molar-refractivity contribution in [1.29, 1.82) is 0 Å². The fourth-order valence-electron chi connectivity index (χ4n) is 1.79. The van der Waals surface area contributed by atoms with Crippen molar-refractivity contribution in [2.75, 3.05) is 0 Å². The molecule has 4 nitrogen and oxygen atoms in total. The largest absolute Gasteiger partial charge is 0.462 e. The van der Waals surface area contributed by atoms with E-state index in [-0.39, 0.29) is 24.1 Å². The lowest BCUT2D eigenvalue weighted by molar-refractivity contribution is -0.155. The number of rotatable bonds is 2. The maximum Gasteiger partial charge on any atom is 0.302 e. The normalized spacial score (nSPS) is 26.7. The molecule has 0 aliphatic heterocycles. The number of ether oxygens (including phenoxy) is 2. The van der Waals surface area contributed by atoms with Gasteiger partial charge in [-0.3, -0.25) is 9.59 Å². The molecule has 0 heterocycles. The highest BCUT2D eigenvalue weighted by molar-refractivity contribution is 5.66. The fourth-order valence-corrected chi connectivity index (χ4v) is 1.79. The highest BCUT2D eigenvalue weighted by Crippen LogP contribution is 2.23. The van der Waals surface area contributed by atoms with E-state index in [1.807, 2.05) is 0 Å². The number of hydrogen-bond acceptors (Lipinski definition) is 4. The summed E-state index contributed by atoms with van der Waals surface area (Å²) in [5, 5.41) is 0. The van der Waals surface area contributed by atoms with Crippen molar-refractivity contribution in [2.45, 2.75) is 51.7 Å². The van der Waals surface area contributed by atoms with Crippen LogP contribution in [0.4, 0.5) is 0 Å². The molecule has 0 aromatic heterocycles. The summed E-state index contributed by atoms with van der Waals surface area (Å²) >= 11 is 0. The van der Waals surface area contributed by atoms with Crippen LogP contribution in [0.5, 0.6) is 0 Å². The minimum Gasteiger partial charge on any atom is -0.462 e. The molecule has 0 spiro atoms. The Morgan fingerprint density at radius 1 is 1.00 bits per heavy atom. The lowest BCUT2D eigenvalue weighted by Gasteiger charge is -2.27. The second-order valence-electron chi connectivity index (χ2n) is 3.63. The van der Waals surface area contributed by atoms with E-state index in [2.05, 4.69) is 0 Å². The van der Waals surface area contributed by atoms with Gasteiger partial charge in [0.1, 0.15) is 12.2 Å². The van der Waals surface area contributed by atoms with Crippen molar-refractivity contribution in [1.82, 2.24) is 0 Å². The molecule has 4 heteroatoms. The average molecular weight is 200 g/mol. The first-order valence-electron chi connectivity index (χ1n) is 4.92. The van der Waals surface area contributed by atoms with E-state index in [0.29, 0.717) is 6.42 Å². The molecule has 0 amide bonds. The van der Waals surface area contributed by atoms with Gasteiger partial charge in [0.2, 0.25) is 0 Å². The van der Waals surface area contributed by atoms with Gasteiger partial charge >= 0.3 is 11.9 Å². The van der Waals surface area contributed by atoms with Gasteiger partial charge < -0.3 is 9.47 Å². The third-order valence-electron chi connectivity index (χ3n) is 2.24. The van der Waals surface area contributed by atoms with Crippen molar-refractivity contribution in [3.05, 3.63) is 0 Å². The molecule has 14 heavy (non-hydrogen) atoms. The Labute approximate surface area is 83.6 Å². The maximum absolute atomic E-state index is 10.7. The Kier molecular flexibility index (Phi) is 3.92. The molecule has 1 aliphatic rings. The van der Waals surface area contributed by atoms with Crippen LogP contribution in [0.2, 0.25) is 0 Å². The van der Waals surface area contributed by atoms with Crippen LogP contribution in [0.25, 0.3) is 0 Å². The third kappa shape index (κ3) is 3.77. The summed E-state index contributed by atoms with van der Waals surface area (Å²) in [6.07, 6.45) is 3.17. The van der Waals surface area contributed by atoms with Crippen LogP contribution in [-0.2, 0) is 19.1 Å². The van der Waals surface area contributed by atoms with Gasteiger partial charge in [0, 0.05) is 20.3 Å². The molecule has 0 aromatic rings. The minimum absolute atomic E-state index is 0.0781. The molecular weight excluding hydrogens is 184 g/mol. The molecule has 0 radical (unpaired) electrons. The van der Waals surface area contributed by atoms with Crippen LogP contribution in [-0.4, -0.2) is 24.1 Å². The quantitative estimate of drug-likeness (QED) is 0.633. The van der Waals surface area contributed by atoms with Crippen molar-refractivity contribution in [3.63, 3.8) is 0 Å². The monoisotopic (exact) mass is 200 g/mol. The van der Waals surface area contributed by atoms with Crippen LogP contribution in [0, 0.1) is 0 Å². The van der Waals surface area contributed by atoms with Gasteiger partial charge in [-0.25, -0.2) is 0 Å². The molecule has 0 N–H and O–H groups in total.